The topological polar surface area (TPSA) is 73.9 Å². The molecule has 0 spiro atoms. The van der Waals surface area contributed by atoms with Crippen molar-refractivity contribution >= 4 is 11.9 Å². The van der Waals surface area contributed by atoms with E-state index >= 15 is 0 Å². The second-order valence-electron chi connectivity index (χ2n) is 6.58. The quantitative estimate of drug-likeness (QED) is 0.800. The van der Waals surface area contributed by atoms with E-state index < -0.39 is 5.97 Å². The van der Waals surface area contributed by atoms with E-state index in [1.807, 2.05) is 0 Å². The van der Waals surface area contributed by atoms with Gasteiger partial charge in [0.25, 0.3) is 5.91 Å². The van der Waals surface area contributed by atoms with Crippen LogP contribution in [0.4, 0.5) is 0 Å². The van der Waals surface area contributed by atoms with Crippen molar-refractivity contribution < 1.29 is 23.8 Å². The second kappa shape index (κ2) is 8.74. The standard InChI is InChI=1S/C19H27NO5/c1-12-6-5-7-16(13(12)2)20-18(21)11-25-19(22)15-9-8-14(23-3)10-17(15)24-4/h8-10,12-13,16H,5-7,11H2,1-4H3,(H,20,21)/t12-,13+,16-/m0/s1. The third-order valence-corrected chi connectivity index (χ3v) is 5.02. The first kappa shape index (κ1) is 19.1. The highest BCUT2D eigenvalue weighted by Crippen LogP contribution is 2.29. The van der Waals surface area contributed by atoms with Crippen LogP contribution >= 0.6 is 0 Å². The summed E-state index contributed by atoms with van der Waals surface area (Å²) >= 11 is 0. The molecule has 1 aromatic rings. The van der Waals surface area contributed by atoms with Crippen molar-refractivity contribution in [1.29, 1.82) is 0 Å². The SMILES string of the molecule is COc1ccc(C(=O)OCC(=O)N[C@H]2CCC[C@H](C)[C@H]2C)c(OC)c1. The minimum atomic E-state index is -0.597. The van der Waals surface area contributed by atoms with Crippen molar-refractivity contribution in [3.05, 3.63) is 23.8 Å². The van der Waals surface area contributed by atoms with Crippen LogP contribution in [0, 0.1) is 11.8 Å². The van der Waals surface area contributed by atoms with Crippen LogP contribution in [0.15, 0.2) is 18.2 Å². The molecule has 2 rings (SSSR count). The minimum Gasteiger partial charge on any atom is -0.497 e. The van der Waals surface area contributed by atoms with E-state index in [1.54, 1.807) is 18.2 Å². The lowest BCUT2D eigenvalue weighted by molar-refractivity contribution is -0.125. The number of benzene rings is 1. The molecule has 0 saturated heterocycles. The summed E-state index contributed by atoms with van der Waals surface area (Å²) in [5.41, 5.74) is 0.260. The fourth-order valence-corrected chi connectivity index (χ4v) is 3.21. The van der Waals surface area contributed by atoms with Gasteiger partial charge in [-0.3, -0.25) is 4.79 Å². The van der Waals surface area contributed by atoms with Gasteiger partial charge in [0.2, 0.25) is 0 Å². The zero-order chi connectivity index (χ0) is 18.4. The Morgan fingerprint density at radius 2 is 1.92 bits per heavy atom. The Kier molecular flexibility index (Phi) is 6.67. The Hall–Kier alpha value is -2.24. The van der Waals surface area contributed by atoms with Crippen molar-refractivity contribution in [3.63, 3.8) is 0 Å². The van der Waals surface area contributed by atoms with Crippen molar-refractivity contribution in [2.45, 2.75) is 39.2 Å². The lowest BCUT2D eigenvalue weighted by Gasteiger charge is -2.34. The molecule has 0 heterocycles. The lowest BCUT2D eigenvalue weighted by Crippen LogP contribution is -2.45. The molecular weight excluding hydrogens is 322 g/mol. The summed E-state index contributed by atoms with van der Waals surface area (Å²) in [7, 11) is 2.99. The number of nitrogens with one attached hydrogen (secondary N) is 1. The number of ether oxygens (including phenoxy) is 3. The van der Waals surface area contributed by atoms with Crippen LogP contribution in [0.2, 0.25) is 0 Å². The average Bonchev–Trinajstić information content (AvgIpc) is 2.62. The largest absolute Gasteiger partial charge is 0.497 e. The van der Waals surface area contributed by atoms with Crippen molar-refractivity contribution in [1.82, 2.24) is 5.32 Å². The van der Waals surface area contributed by atoms with Gasteiger partial charge in [-0.25, -0.2) is 4.79 Å². The molecule has 1 aromatic carbocycles. The molecule has 1 saturated carbocycles. The van der Waals surface area contributed by atoms with Crippen LogP contribution in [0.25, 0.3) is 0 Å². The van der Waals surface area contributed by atoms with E-state index in [0.29, 0.717) is 23.3 Å². The van der Waals surface area contributed by atoms with Crippen LogP contribution in [0.1, 0.15) is 43.5 Å². The molecule has 3 atom stereocenters. The average molecular weight is 349 g/mol. The molecule has 138 valence electrons. The summed E-state index contributed by atoms with van der Waals surface area (Å²) in [6.07, 6.45) is 3.27. The summed E-state index contributed by atoms with van der Waals surface area (Å²) in [6.45, 7) is 4.06. The molecule has 1 aliphatic carbocycles. The highest BCUT2D eigenvalue weighted by Gasteiger charge is 2.28. The predicted molar refractivity (Wildman–Crippen MR) is 93.9 cm³/mol. The maximum Gasteiger partial charge on any atom is 0.342 e. The van der Waals surface area contributed by atoms with Gasteiger partial charge in [-0.15, -0.1) is 0 Å². The lowest BCUT2D eigenvalue weighted by atomic mass is 9.78. The molecule has 0 unspecified atom stereocenters. The molecule has 6 heteroatoms. The highest BCUT2D eigenvalue weighted by molar-refractivity contribution is 5.94. The third-order valence-electron chi connectivity index (χ3n) is 5.02. The Bertz CT molecular complexity index is 616. The van der Waals surface area contributed by atoms with Gasteiger partial charge in [-0.05, 0) is 30.4 Å². The number of carbonyl (C=O) groups excluding carboxylic acids is 2. The first-order valence-electron chi connectivity index (χ1n) is 8.64. The fraction of sp³-hybridized carbons (Fsp3) is 0.579. The number of rotatable bonds is 6. The summed E-state index contributed by atoms with van der Waals surface area (Å²) in [5, 5.41) is 2.99. The third kappa shape index (κ3) is 4.87. The predicted octanol–water partition coefficient (Wildman–Crippen LogP) is 2.80. The van der Waals surface area contributed by atoms with Crippen molar-refractivity contribution in [2.24, 2.45) is 11.8 Å². The van der Waals surface area contributed by atoms with E-state index in [9.17, 15) is 9.59 Å². The van der Waals surface area contributed by atoms with Crippen LogP contribution in [0.3, 0.4) is 0 Å². The molecule has 1 amide bonds. The van der Waals surface area contributed by atoms with Crippen LogP contribution in [-0.4, -0.2) is 38.7 Å². The molecule has 0 aliphatic heterocycles. The molecule has 25 heavy (non-hydrogen) atoms. The first-order valence-corrected chi connectivity index (χ1v) is 8.64. The van der Waals surface area contributed by atoms with Gasteiger partial charge in [-0.1, -0.05) is 26.7 Å². The van der Waals surface area contributed by atoms with Crippen molar-refractivity contribution in [3.8, 4) is 11.5 Å². The summed E-state index contributed by atoms with van der Waals surface area (Å²) in [5.74, 6) is 1.07. The Balaban J connectivity index is 1.90. The molecular formula is C19H27NO5. The molecule has 0 radical (unpaired) electrons. The second-order valence-corrected chi connectivity index (χ2v) is 6.58. The number of methoxy groups -OCH3 is 2. The fourth-order valence-electron chi connectivity index (χ4n) is 3.21. The number of carbonyl (C=O) groups is 2. The smallest absolute Gasteiger partial charge is 0.342 e. The van der Waals surface area contributed by atoms with E-state index in [0.717, 1.165) is 12.8 Å². The van der Waals surface area contributed by atoms with Gasteiger partial charge in [0.15, 0.2) is 6.61 Å². The molecule has 1 N–H and O–H groups in total. The molecule has 0 bridgehead atoms. The van der Waals surface area contributed by atoms with E-state index in [1.165, 1.54) is 20.6 Å². The monoisotopic (exact) mass is 349 g/mol. The molecule has 6 nitrogen and oxygen atoms in total. The summed E-state index contributed by atoms with van der Waals surface area (Å²) in [6, 6.07) is 4.94. The Morgan fingerprint density at radius 1 is 1.16 bits per heavy atom. The summed E-state index contributed by atoms with van der Waals surface area (Å²) < 4.78 is 15.4. The minimum absolute atomic E-state index is 0.144. The zero-order valence-electron chi connectivity index (χ0n) is 15.3. The van der Waals surface area contributed by atoms with Crippen LogP contribution in [0.5, 0.6) is 11.5 Å². The van der Waals surface area contributed by atoms with Gasteiger partial charge >= 0.3 is 5.97 Å². The normalized spacial score (nSPS) is 22.8. The van der Waals surface area contributed by atoms with Gasteiger partial charge in [0.1, 0.15) is 17.1 Å². The molecule has 1 fully saturated rings. The van der Waals surface area contributed by atoms with Gasteiger partial charge in [-0.2, -0.15) is 0 Å². The maximum absolute atomic E-state index is 12.2. The van der Waals surface area contributed by atoms with Crippen LogP contribution < -0.4 is 14.8 Å². The molecule has 1 aliphatic rings. The van der Waals surface area contributed by atoms with E-state index in [2.05, 4.69) is 19.2 Å². The highest BCUT2D eigenvalue weighted by atomic mass is 16.5. The number of amides is 1. The Labute approximate surface area is 148 Å². The van der Waals surface area contributed by atoms with Crippen molar-refractivity contribution in [2.75, 3.05) is 20.8 Å². The number of hydrogen-bond donors (Lipinski definition) is 1. The Morgan fingerprint density at radius 3 is 2.60 bits per heavy atom. The summed E-state index contributed by atoms with van der Waals surface area (Å²) in [4.78, 5) is 24.3. The zero-order valence-corrected chi connectivity index (χ0v) is 15.3. The van der Waals surface area contributed by atoms with E-state index in [4.69, 9.17) is 14.2 Å². The molecule has 0 aromatic heterocycles. The number of esters is 1. The van der Waals surface area contributed by atoms with Gasteiger partial charge in [0, 0.05) is 12.1 Å². The first-order chi connectivity index (χ1) is 12.0. The maximum atomic E-state index is 12.2. The van der Waals surface area contributed by atoms with Gasteiger partial charge in [0.05, 0.1) is 14.2 Å². The van der Waals surface area contributed by atoms with Crippen LogP contribution in [-0.2, 0) is 9.53 Å². The van der Waals surface area contributed by atoms with E-state index in [-0.39, 0.29) is 24.1 Å². The van der Waals surface area contributed by atoms with Gasteiger partial charge < -0.3 is 19.5 Å². The number of hydrogen-bond acceptors (Lipinski definition) is 5.